The molecule has 4 rings (SSSR count). The van der Waals surface area contributed by atoms with Crippen LogP contribution in [0.3, 0.4) is 0 Å². The number of aromatic nitrogens is 3. The van der Waals surface area contributed by atoms with E-state index in [1.54, 1.807) is 4.52 Å². The molecule has 0 amide bonds. The van der Waals surface area contributed by atoms with Crippen LogP contribution in [0, 0.1) is 11.8 Å². The Hall–Kier alpha value is -2.15. The molecule has 3 heterocycles. The van der Waals surface area contributed by atoms with Crippen molar-refractivity contribution >= 4 is 17.3 Å². The van der Waals surface area contributed by atoms with Crippen LogP contribution in [0.1, 0.15) is 63.7 Å². The maximum absolute atomic E-state index is 12.4. The summed E-state index contributed by atoms with van der Waals surface area (Å²) in [5, 5.41) is 4.28. The summed E-state index contributed by atoms with van der Waals surface area (Å²) in [5.41, 5.74) is 7.64. The van der Waals surface area contributed by atoms with Gasteiger partial charge in [-0.05, 0) is 43.7 Å². The van der Waals surface area contributed by atoms with Crippen molar-refractivity contribution in [1.29, 1.82) is 0 Å². The second-order valence-electron chi connectivity index (χ2n) is 7.84. The maximum atomic E-state index is 12.4. The Balaban J connectivity index is 1.32. The number of anilines is 1. The zero-order chi connectivity index (χ0) is 18.8. The number of rotatable bonds is 5. The Morgan fingerprint density at radius 3 is 2.93 bits per heavy atom. The van der Waals surface area contributed by atoms with Crippen LogP contribution >= 0.6 is 0 Å². The van der Waals surface area contributed by atoms with Crippen molar-refractivity contribution in [3.8, 4) is 0 Å². The molecule has 2 aromatic rings. The summed E-state index contributed by atoms with van der Waals surface area (Å²) in [5.74, 6) is 0.830. The average Bonchev–Trinajstić information content (AvgIpc) is 3.33. The molecule has 3 atom stereocenters. The van der Waals surface area contributed by atoms with E-state index in [0.29, 0.717) is 18.3 Å². The number of fused-ring (bicyclic) bond motifs is 1. The van der Waals surface area contributed by atoms with Crippen LogP contribution in [0.5, 0.6) is 0 Å². The monoisotopic (exact) mass is 372 g/mol. The molecule has 0 spiro atoms. The molecule has 2 N–H and O–H groups in total. The second kappa shape index (κ2) is 7.84. The highest BCUT2D eigenvalue weighted by atomic mass is 16.6. The lowest BCUT2D eigenvalue weighted by molar-refractivity contribution is -0.154. The highest BCUT2D eigenvalue weighted by molar-refractivity contribution is 5.72. The van der Waals surface area contributed by atoms with E-state index in [-0.39, 0.29) is 24.1 Å². The van der Waals surface area contributed by atoms with E-state index in [4.69, 9.17) is 15.2 Å². The van der Waals surface area contributed by atoms with E-state index in [0.717, 1.165) is 36.9 Å². The molecule has 2 fully saturated rings. The zero-order valence-electron chi connectivity index (χ0n) is 15.8. The fourth-order valence-electron chi connectivity index (χ4n) is 4.40. The van der Waals surface area contributed by atoms with Gasteiger partial charge in [-0.1, -0.05) is 26.2 Å². The second-order valence-corrected chi connectivity index (χ2v) is 7.84. The highest BCUT2D eigenvalue weighted by Crippen LogP contribution is 2.34. The first-order valence-electron chi connectivity index (χ1n) is 10.0. The number of carbonyl (C=O) groups excluding carboxylic acids is 1. The molecule has 7 nitrogen and oxygen atoms in total. The van der Waals surface area contributed by atoms with Crippen molar-refractivity contribution in [2.45, 2.75) is 64.1 Å². The minimum Gasteiger partial charge on any atom is -0.463 e. The van der Waals surface area contributed by atoms with E-state index in [2.05, 4.69) is 10.1 Å². The van der Waals surface area contributed by atoms with Crippen molar-refractivity contribution in [2.75, 3.05) is 12.3 Å². The van der Waals surface area contributed by atoms with E-state index >= 15 is 0 Å². The molecule has 1 saturated heterocycles. The number of hydrogen-bond acceptors (Lipinski definition) is 6. The van der Waals surface area contributed by atoms with E-state index in [9.17, 15) is 4.79 Å². The fraction of sp³-hybridized carbons (Fsp3) is 0.650. The Kier molecular flexibility index (Phi) is 5.29. The first kappa shape index (κ1) is 18.2. The van der Waals surface area contributed by atoms with Crippen molar-refractivity contribution < 1.29 is 14.3 Å². The lowest BCUT2D eigenvalue weighted by Crippen LogP contribution is -2.27. The molecule has 3 unspecified atom stereocenters. The van der Waals surface area contributed by atoms with Crippen LogP contribution in [-0.4, -0.2) is 33.3 Å². The molecule has 7 heteroatoms. The Morgan fingerprint density at radius 1 is 1.30 bits per heavy atom. The van der Waals surface area contributed by atoms with Gasteiger partial charge in [-0.25, -0.2) is 9.50 Å². The first-order valence-corrected chi connectivity index (χ1v) is 10.0. The molecule has 0 radical (unpaired) electrons. The molecule has 1 aliphatic heterocycles. The lowest BCUT2D eigenvalue weighted by Gasteiger charge is -2.26. The smallest absolute Gasteiger partial charge is 0.309 e. The molecular weight excluding hydrogens is 344 g/mol. The summed E-state index contributed by atoms with van der Waals surface area (Å²) in [4.78, 5) is 16.4. The van der Waals surface area contributed by atoms with Crippen molar-refractivity contribution in [3.05, 3.63) is 24.2 Å². The van der Waals surface area contributed by atoms with Crippen LogP contribution in [0.2, 0.25) is 0 Å². The molecule has 1 aliphatic carbocycles. The molecule has 27 heavy (non-hydrogen) atoms. The maximum Gasteiger partial charge on any atom is 0.309 e. The van der Waals surface area contributed by atoms with Crippen molar-refractivity contribution in [3.63, 3.8) is 0 Å². The van der Waals surface area contributed by atoms with Gasteiger partial charge in [0.15, 0.2) is 5.82 Å². The van der Waals surface area contributed by atoms with Crippen LogP contribution in [-0.2, 0) is 14.3 Å². The van der Waals surface area contributed by atoms with Gasteiger partial charge in [0.05, 0.1) is 17.7 Å². The molecule has 1 saturated carbocycles. The van der Waals surface area contributed by atoms with Gasteiger partial charge in [-0.2, -0.15) is 5.10 Å². The van der Waals surface area contributed by atoms with Gasteiger partial charge < -0.3 is 15.2 Å². The predicted molar refractivity (Wildman–Crippen MR) is 101 cm³/mol. The summed E-state index contributed by atoms with van der Waals surface area (Å²) >= 11 is 0. The third-order valence-electron chi connectivity index (χ3n) is 6.09. The standard InChI is InChI=1S/C20H28N4O3/c1-13(14-5-3-2-4-6-14)20(25)26-11-15-7-10-18(27-15)16-8-9-17-19(21)22-12-23-24(16)17/h8-9,12-15,18H,2-7,10-11H2,1H3,(H2,21,22,23). The van der Waals surface area contributed by atoms with Crippen LogP contribution in [0.25, 0.3) is 5.52 Å². The van der Waals surface area contributed by atoms with E-state index < -0.39 is 0 Å². The van der Waals surface area contributed by atoms with Crippen molar-refractivity contribution in [1.82, 2.24) is 14.6 Å². The largest absolute Gasteiger partial charge is 0.463 e. The average molecular weight is 372 g/mol. The van der Waals surface area contributed by atoms with Crippen LogP contribution in [0.4, 0.5) is 5.82 Å². The molecular formula is C20H28N4O3. The quantitative estimate of drug-likeness (QED) is 0.810. The third kappa shape index (κ3) is 3.78. The normalized spacial score (nSPS) is 24.9. The molecule has 0 aromatic carbocycles. The van der Waals surface area contributed by atoms with Gasteiger partial charge in [0, 0.05) is 0 Å². The topological polar surface area (TPSA) is 91.7 Å². The summed E-state index contributed by atoms with van der Waals surface area (Å²) in [7, 11) is 0. The van der Waals surface area contributed by atoms with E-state index in [1.807, 2.05) is 19.1 Å². The summed E-state index contributed by atoms with van der Waals surface area (Å²) in [6, 6.07) is 3.89. The number of nitrogen functional groups attached to an aromatic ring is 1. The Labute approximate surface area is 159 Å². The van der Waals surface area contributed by atoms with E-state index in [1.165, 1.54) is 25.6 Å². The van der Waals surface area contributed by atoms with Gasteiger partial charge in [0.25, 0.3) is 0 Å². The number of esters is 1. The zero-order valence-corrected chi connectivity index (χ0v) is 15.8. The fourth-order valence-corrected chi connectivity index (χ4v) is 4.40. The molecule has 2 aliphatic rings. The molecule has 146 valence electrons. The van der Waals surface area contributed by atoms with Gasteiger partial charge in [-0.15, -0.1) is 0 Å². The lowest BCUT2D eigenvalue weighted by atomic mass is 9.81. The summed E-state index contributed by atoms with van der Waals surface area (Å²) < 4.78 is 13.5. The molecule has 0 bridgehead atoms. The van der Waals surface area contributed by atoms with Gasteiger partial charge in [-0.3, -0.25) is 4.79 Å². The minimum absolute atomic E-state index is 0.0169. The van der Waals surface area contributed by atoms with Gasteiger partial charge in [0.2, 0.25) is 0 Å². The van der Waals surface area contributed by atoms with Crippen molar-refractivity contribution in [2.24, 2.45) is 11.8 Å². The van der Waals surface area contributed by atoms with Crippen LogP contribution in [0.15, 0.2) is 18.5 Å². The Bertz CT molecular complexity index is 800. The number of nitrogens with zero attached hydrogens (tertiary/aromatic N) is 3. The predicted octanol–water partition coefficient (Wildman–Crippen LogP) is 3.29. The number of carbonyl (C=O) groups is 1. The first-order chi connectivity index (χ1) is 13.1. The molecule has 2 aromatic heterocycles. The minimum atomic E-state index is -0.0809. The Morgan fingerprint density at radius 2 is 2.11 bits per heavy atom. The van der Waals surface area contributed by atoms with Gasteiger partial charge in [0.1, 0.15) is 24.6 Å². The summed E-state index contributed by atoms with van der Waals surface area (Å²) in [6.45, 7) is 2.33. The SMILES string of the molecule is CC(C(=O)OCC1CCC(c2ccc3c(N)ncnn23)O1)C1CCCCC1. The third-order valence-corrected chi connectivity index (χ3v) is 6.09. The number of hydrogen-bond donors (Lipinski definition) is 1. The highest BCUT2D eigenvalue weighted by Gasteiger charge is 2.31. The van der Waals surface area contributed by atoms with Gasteiger partial charge >= 0.3 is 5.97 Å². The summed E-state index contributed by atoms with van der Waals surface area (Å²) in [6.07, 6.45) is 9.09. The number of ether oxygens (including phenoxy) is 2. The van der Waals surface area contributed by atoms with Crippen LogP contribution < -0.4 is 5.73 Å². The number of nitrogens with two attached hydrogens (primary N) is 1.